The van der Waals surface area contributed by atoms with Crippen LogP contribution in [0.15, 0.2) is 24.3 Å². The zero-order valence-corrected chi connectivity index (χ0v) is 12.5. The number of para-hydroxylation sites is 1. The van der Waals surface area contributed by atoms with E-state index < -0.39 is 5.97 Å². The van der Waals surface area contributed by atoms with Gasteiger partial charge >= 0.3 is 5.97 Å². The van der Waals surface area contributed by atoms with Crippen LogP contribution in [0.1, 0.15) is 37.2 Å². The normalized spacial score (nSPS) is 22.3. The van der Waals surface area contributed by atoms with Crippen molar-refractivity contribution in [2.45, 2.75) is 31.6 Å². The molecule has 2 aliphatic rings. The molecule has 4 nitrogen and oxygen atoms in total. The van der Waals surface area contributed by atoms with E-state index in [1.54, 1.807) is 0 Å². The summed E-state index contributed by atoms with van der Waals surface area (Å²) in [5.41, 5.74) is 2.44. The molecule has 1 fully saturated rings. The highest BCUT2D eigenvalue weighted by Gasteiger charge is 2.29. The van der Waals surface area contributed by atoms with Crippen LogP contribution in [0.2, 0.25) is 0 Å². The van der Waals surface area contributed by atoms with Gasteiger partial charge in [0.05, 0.1) is 6.42 Å². The molecular formula is C17H24N2O2. The molecule has 2 aliphatic heterocycles. The maximum absolute atomic E-state index is 11.1. The fourth-order valence-electron chi connectivity index (χ4n) is 3.63. The summed E-state index contributed by atoms with van der Waals surface area (Å²) in [7, 11) is 0. The zero-order chi connectivity index (χ0) is 14.7. The lowest BCUT2D eigenvalue weighted by Crippen LogP contribution is -2.37. The molecule has 114 valence electrons. The van der Waals surface area contributed by atoms with Crippen molar-refractivity contribution in [1.82, 2.24) is 4.90 Å². The fraction of sp³-hybridized carbons (Fsp3) is 0.588. The van der Waals surface area contributed by atoms with Crippen LogP contribution in [0.25, 0.3) is 0 Å². The number of fused-ring (bicyclic) bond motifs is 1. The average molecular weight is 288 g/mol. The van der Waals surface area contributed by atoms with Crippen LogP contribution in [0.3, 0.4) is 0 Å². The molecule has 0 bridgehead atoms. The molecule has 4 heteroatoms. The standard InChI is InChI=1S/C17H24N2O2/c20-17(21)12-14-13-19(16-7-3-2-6-15(14)16)11-10-18-8-4-1-5-9-18/h2-3,6-7,14H,1,4-5,8-13H2,(H,20,21). The first kappa shape index (κ1) is 14.4. The summed E-state index contributed by atoms with van der Waals surface area (Å²) in [5, 5.41) is 9.09. The van der Waals surface area contributed by atoms with Crippen LogP contribution < -0.4 is 4.90 Å². The number of carbonyl (C=O) groups is 1. The Balaban J connectivity index is 1.64. The molecule has 3 rings (SSSR count). The van der Waals surface area contributed by atoms with Gasteiger partial charge in [0.2, 0.25) is 0 Å². The summed E-state index contributed by atoms with van der Waals surface area (Å²) >= 11 is 0. The van der Waals surface area contributed by atoms with Crippen molar-refractivity contribution in [1.29, 1.82) is 0 Å². The number of hydrogen-bond donors (Lipinski definition) is 1. The van der Waals surface area contributed by atoms with Gasteiger partial charge in [-0.3, -0.25) is 4.79 Å². The second-order valence-corrected chi connectivity index (χ2v) is 6.20. The SMILES string of the molecule is O=C(O)CC1CN(CCN2CCCCC2)c2ccccc21. The van der Waals surface area contributed by atoms with Crippen LogP contribution >= 0.6 is 0 Å². The number of carboxylic acids is 1. The Morgan fingerprint density at radius 3 is 2.67 bits per heavy atom. The van der Waals surface area contributed by atoms with Crippen molar-refractivity contribution >= 4 is 11.7 Å². The average Bonchev–Trinajstić information content (AvgIpc) is 2.84. The van der Waals surface area contributed by atoms with E-state index in [0.29, 0.717) is 0 Å². The van der Waals surface area contributed by atoms with Gasteiger partial charge in [0.15, 0.2) is 0 Å². The molecule has 1 aromatic rings. The Bertz CT molecular complexity index is 497. The summed E-state index contributed by atoms with van der Waals surface area (Å²) in [6.45, 7) is 5.38. The van der Waals surface area contributed by atoms with E-state index in [-0.39, 0.29) is 12.3 Å². The van der Waals surface area contributed by atoms with Gasteiger partial charge in [-0.05, 0) is 37.6 Å². The van der Waals surface area contributed by atoms with Crippen molar-refractivity contribution < 1.29 is 9.90 Å². The number of likely N-dealkylation sites (tertiary alicyclic amines) is 1. The van der Waals surface area contributed by atoms with Crippen molar-refractivity contribution in [3.63, 3.8) is 0 Å². The number of anilines is 1. The lowest BCUT2D eigenvalue weighted by molar-refractivity contribution is -0.137. The van der Waals surface area contributed by atoms with E-state index in [2.05, 4.69) is 28.0 Å². The molecule has 2 heterocycles. The zero-order valence-electron chi connectivity index (χ0n) is 12.5. The van der Waals surface area contributed by atoms with Gasteiger partial charge in [0.25, 0.3) is 0 Å². The summed E-state index contributed by atoms with van der Waals surface area (Å²) < 4.78 is 0. The van der Waals surface area contributed by atoms with Crippen LogP contribution in [0.4, 0.5) is 5.69 Å². The first-order valence-electron chi connectivity index (χ1n) is 8.02. The number of piperidine rings is 1. The third kappa shape index (κ3) is 3.38. The minimum atomic E-state index is -0.701. The maximum atomic E-state index is 11.1. The molecule has 21 heavy (non-hydrogen) atoms. The molecule has 1 saturated heterocycles. The Morgan fingerprint density at radius 2 is 1.90 bits per heavy atom. The van der Waals surface area contributed by atoms with Crippen LogP contribution in [-0.4, -0.2) is 48.7 Å². The van der Waals surface area contributed by atoms with E-state index in [4.69, 9.17) is 5.11 Å². The number of aliphatic carboxylic acids is 1. The molecule has 1 aromatic carbocycles. The Kier molecular flexibility index (Phi) is 4.44. The van der Waals surface area contributed by atoms with Gasteiger partial charge in [-0.25, -0.2) is 0 Å². The highest BCUT2D eigenvalue weighted by molar-refractivity contribution is 5.71. The second kappa shape index (κ2) is 6.48. The highest BCUT2D eigenvalue weighted by atomic mass is 16.4. The first-order chi connectivity index (χ1) is 10.2. The highest BCUT2D eigenvalue weighted by Crippen LogP contribution is 2.37. The third-order valence-electron chi connectivity index (χ3n) is 4.71. The Morgan fingerprint density at radius 1 is 1.14 bits per heavy atom. The number of benzene rings is 1. The molecular weight excluding hydrogens is 264 g/mol. The van der Waals surface area contributed by atoms with Gasteiger partial charge in [0, 0.05) is 31.2 Å². The molecule has 0 amide bonds. The quantitative estimate of drug-likeness (QED) is 0.904. The summed E-state index contributed by atoms with van der Waals surface area (Å²) in [6.07, 6.45) is 4.23. The van der Waals surface area contributed by atoms with E-state index in [0.717, 1.165) is 19.6 Å². The van der Waals surface area contributed by atoms with Gasteiger partial charge in [0.1, 0.15) is 0 Å². The number of rotatable bonds is 5. The van der Waals surface area contributed by atoms with Crippen LogP contribution in [-0.2, 0) is 4.79 Å². The minimum absolute atomic E-state index is 0.139. The Hall–Kier alpha value is -1.55. The minimum Gasteiger partial charge on any atom is -0.481 e. The molecule has 0 aromatic heterocycles. The molecule has 0 saturated carbocycles. The first-order valence-corrected chi connectivity index (χ1v) is 8.02. The molecule has 1 unspecified atom stereocenters. The topological polar surface area (TPSA) is 43.8 Å². The number of hydrogen-bond acceptors (Lipinski definition) is 3. The third-order valence-corrected chi connectivity index (χ3v) is 4.71. The fourth-order valence-corrected chi connectivity index (χ4v) is 3.63. The van der Waals surface area contributed by atoms with E-state index in [1.165, 1.54) is 43.6 Å². The molecule has 0 radical (unpaired) electrons. The van der Waals surface area contributed by atoms with Crippen LogP contribution in [0.5, 0.6) is 0 Å². The predicted octanol–water partition coefficient (Wildman–Crippen LogP) is 2.55. The largest absolute Gasteiger partial charge is 0.481 e. The number of nitrogens with zero attached hydrogens (tertiary/aromatic N) is 2. The Labute approximate surface area is 126 Å². The molecule has 0 aliphatic carbocycles. The van der Waals surface area contributed by atoms with Crippen molar-refractivity contribution in [3.8, 4) is 0 Å². The molecule has 1 N–H and O–H groups in total. The van der Waals surface area contributed by atoms with Gasteiger partial charge in [-0.1, -0.05) is 24.6 Å². The number of carboxylic acid groups (broad SMARTS) is 1. The van der Waals surface area contributed by atoms with Gasteiger partial charge in [-0.2, -0.15) is 0 Å². The van der Waals surface area contributed by atoms with E-state index in [9.17, 15) is 4.79 Å². The lowest BCUT2D eigenvalue weighted by Gasteiger charge is -2.29. The van der Waals surface area contributed by atoms with Crippen molar-refractivity contribution in [2.24, 2.45) is 0 Å². The second-order valence-electron chi connectivity index (χ2n) is 6.20. The maximum Gasteiger partial charge on any atom is 0.304 e. The monoisotopic (exact) mass is 288 g/mol. The lowest BCUT2D eigenvalue weighted by atomic mass is 9.98. The van der Waals surface area contributed by atoms with E-state index >= 15 is 0 Å². The molecule has 0 spiro atoms. The van der Waals surface area contributed by atoms with E-state index in [1.807, 2.05) is 6.07 Å². The summed E-state index contributed by atoms with van der Waals surface area (Å²) in [5.74, 6) is -0.562. The van der Waals surface area contributed by atoms with Crippen molar-refractivity contribution in [2.75, 3.05) is 37.6 Å². The van der Waals surface area contributed by atoms with Crippen LogP contribution in [0, 0.1) is 0 Å². The smallest absolute Gasteiger partial charge is 0.304 e. The summed E-state index contributed by atoms with van der Waals surface area (Å²) in [4.78, 5) is 16.0. The van der Waals surface area contributed by atoms with Gasteiger partial charge in [-0.15, -0.1) is 0 Å². The van der Waals surface area contributed by atoms with Gasteiger partial charge < -0.3 is 14.9 Å². The van der Waals surface area contributed by atoms with Crippen molar-refractivity contribution in [3.05, 3.63) is 29.8 Å². The predicted molar refractivity (Wildman–Crippen MR) is 83.9 cm³/mol. The molecule has 1 atom stereocenters. The summed E-state index contributed by atoms with van der Waals surface area (Å²) in [6, 6.07) is 8.29.